The van der Waals surface area contributed by atoms with Gasteiger partial charge < -0.3 is 4.74 Å². The minimum atomic E-state index is -0.294. The van der Waals surface area contributed by atoms with E-state index < -0.39 is 0 Å². The molecule has 0 unspecified atom stereocenters. The summed E-state index contributed by atoms with van der Waals surface area (Å²) < 4.78 is 6.80. The number of aryl methyl sites for hydroxylation is 1. The average molecular weight is 222 g/mol. The van der Waals surface area contributed by atoms with Crippen molar-refractivity contribution in [1.82, 2.24) is 9.78 Å². The number of aromatic nitrogens is 2. The quantitative estimate of drug-likeness (QED) is 0.744. The van der Waals surface area contributed by atoms with Crippen molar-refractivity contribution >= 4 is 17.3 Å². The molecule has 0 spiro atoms. The third-order valence-corrected chi connectivity index (χ3v) is 2.71. The Morgan fingerprint density at radius 1 is 1.60 bits per heavy atom. The molecule has 0 aliphatic heterocycles. The van der Waals surface area contributed by atoms with Gasteiger partial charge in [0.25, 0.3) is 0 Å². The Morgan fingerprint density at radius 3 is 3.07 bits per heavy atom. The van der Waals surface area contributed by atoms with Crippen LogP contribution in [0.2, 0.25) is 0 Å². The number of hydrogen-bond donors (Lipinski definition) is 0. The van der Waals surface area contributed by atoms with Gasteiger partial charge in [-0.05, 0) is 17.5 Å². The summed E-state index contributed by atoms with van der Waals surface area (Å²) >= 11 is 1.48. The lowest BCUT2D eigenvalue weighted by molar-refractivity contribution is 0.0464. The Labute approximate surface area is 91.1 Å². The van der Waals surface area contributed by atoms with Crippen LogP contribution < -0.4 is 0 Å². The maximum atomic E-state index is 11.5. The monoisotopic (exact) mass is 222 g/mol. The van der Waals surface area contributed by atoms with Crippen LogP contribution in [0.3, 0.4) is 0 Å². The number of ether oxygens (including phenoxy) is 1. The molecule has 2 rings (SSSR count). The number of rotatable bonds is 3. The number of esters is 1. The van der Waals surface area contributed by atoms with Gasteiger partial charge in [-0.15, -0.1) is 0 Å². The standard InChI is InChI=1S/C10H10N2O2S/c1-12-9(2-4-11-12)6-14-10(13)8-3-5-15-7-8/h2-5,7H,6H2,1H3. The molecule has 2 aromatic rings. The summed E-state index contributed by atoms with van der Waals surface area (Å²) in [7, 11) is 1.81. The Kier molecular flexibility index (Phi) is 2.82. The highest BCUT2D eigenvalue weighted by Crippen LogP contribution is 2.09. The predicted octanol–water partition coefficient (Wildman–Crippen LogP) is 1.84. The van der Waals surface area contributed by atoms with Crippen molar-refractivity contribution in [2.75, 3.05) is 0 Å². The fourth-order valence-corrected chi connectivity index (χ4v) is 1.77. The van der Waals surface area contributed by atoms with Gasteiger partial charge in [0.05, 0.1) is 11.3 Å². The molecular formula is C10H10N2O2S. The van der Waals surface area contributed by atoms with Crippen molar-refractivity contribution in [2.24, 2.45) is 7.05 Å². The number of thiophene rings is 1. The van der Waals surface area contributed by atoms with Crippen molar-refractivity contribution in [3.8, 4) is 0 Å². The Bertz CT molecular complexity index is 448. The lowest BCUT2D eigenvalue weighted by Gasteiger charge is -2.03. The van der Waals surface area contributed by atoms with E-state index in [0.717, 1.165) is 5.69 Å². The van der Waals surface area contributed by atoms with Crippen LogP contribution in [0.15, 0.2) is 29.1 Å². The summed E-state index contributed by atoms with van der Waals surface area (Å²) in [6, 6.07) is 3.57. The van der Waals surface area contributed by atoms with Gasteiger partial charge in [-0.25, -0.2) is 4.79 Å². The highest BCUT2D eigenvalue weighted by molar-refractivity contribution is 7.08. The van der Waals surface area contributed by atoms with Crippen molar-refractivity contribution in [3.63, 3.8) is 0 Å². The number of carbonyl (C=O) groups is 1. The third-order valence-electron chi connectivity index (χ3n) is 2.03. The molecule has 15 heavy (non-hydrogen) atoms. The van der Waals surface area contributed by atoms with Gasteiger partial charge in [-0.2, -0.15) is 16.4 Å². The van der Waals surface area contributed by atoms with Crippen molar-refractivity contribution < 1.29 is 9.53 Å². The maximum absolute atomic E-state index is 11.5. The van der Waals surface area contributed by atoms with Gasteiger partial charge in [0.15, 0.2) is 0 Å². The zero-order valence-electron chi connectivity index (χ0n) is 8.21. The summed E-state index contributed by atoms with van der Waals surface area (Å²) in [5.41, 5.74) is 1.47. The van der Waals surface area contributed by atoms with Crippen molar-refractivity contribution in [1.29, 1.82) is 0 Å². The first-order chi connectivity index (χ1) is 7.27. The first-order valence-electron chi connectivity index (χ1n) is 4.43. The molecule has 0 aliphatic carbocycles. The van der Waals surface area contributed by atoms with E-state index in [1.807, 2.05) is 18.5 Å². The van der Waals surface area contributed by atoms with Gasteiger partial charge in [-0.1, -0.05) is 0 Å². The molecule has 0 aromatic carbocycles. The third kappa shape index (κ3) is 2.24. The second-order valence-corrected chi connectivity index (χ2v) is 3.81. The molecule has 0 atom stereocenters. The zero-order chi connectivity index (χ0) is 10.7. The Hall–Kier alpha value is -1.62. The van der Waals surface area contributed by atoms with Crippen molar-refractivity contribution in [2.45, 2.75) is 6.61 Å². The average Bonchev–Trinajstić information content (AvgIpc) is 2.85. The first kappa shape index (κ1) is 9.92. The number of nitrogens with zero attached hydrogens (tertiary/aromatic N) is 2. The van der Waals surface area contributed by atoms with Crippen LogP contribution in [0.4, 0.5) is 0 Å². The molecule has 0 N–H and O–H groups in total. The second-order valence-electron chi connectivity index (χ2n) is 3.03. The van der Waals surface area contributed by atoms with E-state index in [1.165, 1.54) is 11.3 Å². The van der Waals surface area contributed by atoms with Crippen molar-refractivity contribution in [3.05, 3.63) is 40.3 Å². The second kappa shape index (κ2) is 4.27. The lowest BCUT2D eigenvalue weighted by atomic mass is 10.3. The van der Waals surface area contributed by atoms with E-state index >= 15 is 0 Å². The molecule has 0 fully saturated rings. The topological polar surface area (TPSA) is 44.1 Å². The minimum absolute atomic E-state index is 0.255. The number of hydrogen-bond acceptors (Lipinski definition) is 4. The summed E-state index contributed by atoms with van der Waals surface area (Å²) in [6.07, 6.45) is 1.67. The van der Waals surface area contributed by atoms with Crippen LogP contribution >= 0.6 is 11.3 Å². The lowest BCUT2D eigenvalue weighted by Crippen LogP contribution is -2.07. The fourth-order valence-electron chi connectivity index (χ4n) is 1.15. The fraction of sp³-hybridized carbons (Fsp3) is 0.200. The van der Waals surface area contributed by atoms with E-state index in [4.69, 9.17) is 4.74 Å². The summed E-state index contributed by atoms with van der Waals surface area (Å²) in [5, 5.41) is 7.60. The largest absolute Gasteiger partial charge is 0.456 e. The van der Waals surface area contributed by atoms with E-state index in [-0.39, 0.29) is 12.6 Å². The molecule has 4 nitrogen and oxygen atoms in total. The molecule has 2 aromatic heterocycles. The summed E-state index contributed by atoms with van der Waals surface area (Å²) in [4.78, 5) is 11.5. The molecule has 78 valence electrons. The number of carbonyl (C=O) groups excluding carboxylic acids is 1. The molecular weight excluding hydrogens is 212 g/mol. The Morgan fingerprint density at radius 2 is 2.47 bits per heavy atom. The highest BCUT2D eigenvalue weighted by atomic mass is 32.1. The SMILES string of the molecule is Cn1nccc1COC(=O)c1ccsc1. The van der Waals surface area contributed by atoms with Crippen LogP contribution in [-0.2, 0) is 18.4 Å². The minimum Gasteiger partial charge on any atom is -0.456 e. The highest BCUT2D eigenvalue weighted by Gasteiger charge is 2.08. The van der Waals surface area contributed by atoms with E-state index in [1.54, 1.807) is 22.3 Å². The predicted molar refractivity (Wildman–Crippen MR) is 56.6 cm³/mol. The zero-order valence-corrected chi connectivity index (χ0v) is 9.03. The summed E-state index contributed by atoms with van der Waals surface area (Å²) in [5.74, 6) is -0.294. The molecule has 0 radical (unpaired) electrons. The normalized spacial score (nSPS) is 10.2. The molecule has 0 saturated heterocycles. The Balaban J connectivity index is 1.95. The van der Waals surface area contributed by atoms with Crippen LogP contribution in [0.1, 0.15) is 16.1 Å². The first-order valence-corrected chi connectivity index (χ1v) is 5.38. The molecule has 0 saturated carbocycles. The van der Waals surface area contributed by atoms with Gasteiger partial charge >= 0.3 is 5.97 Å². The van der Waals surface area contributed by atoms with Crippen LogP contribution in [0, 0.1) is 0 Å². The van der Waals surface area contributed by atoms with Gasteiger partial charge in [0.2, 0.25) is 0 Å². The van der Waals surface area contributed by atoms with Crippen LogP contribution in [-0.4, -0.2) is 15.7 Å². The van der Waals surface area contributed by atoms with E-state index in [2.05, 4.69) is 5.10 Å². The summed E-state index contributed by atoms with van der Waals surface area (Å²) in [6.45, 7) is 0.255. The van der Waals surface area contributed by atoms with E-state index in [0.29, 0.717) is 5.56 Å². The smallest absolute Gasteiger partial charge is 0.339 e. The molecule has 0 aliphatic rings. The van der Waals surface area contributed by atoms with Gasteiger partial charge in [0.1, 0.15) is 6.61 Å². The van der Waals surface area contributed by atoms with E-state index in [9.17, 15) is 4.79 Å². The molecule has 0 bridgehead atoms. The molecule has 5 heteroatoms. The molecule has 0 amide bonds. The van der Waals surface area contributed by atoms with Crippen LogP contribution in [0.25, 0.3) is 0 Å². The van der Waals surface area contributed by atoms with Gasteiger partial charge in [-0.3, -0.25) is 4.68 Å². The van der Waals surface area contributed by atoms with Gasteiger partial charge in [0, 0.05) is 18.6 Å². The van der Waals surface area contributed by atoms with Crippen LogP contribution in [0.5, 0.6) is 0 Å². The maximum Gasteiger partial charge on any atom is 0.339 e. The molecule has 2 heterocycles.